The van der Waals surface area contributed by atoms with Crippen LogP contribution in [0.1, 0.15) is 28.8 Å². The molecule has 0 atom stereocenters. The van der Waals surface area contributed by atoms with Gasteiger partial charge in [-0.25, -0.2) is 0 Å². The third-order valence-electron chi connectivity index (χ3n) is 3.86. The molecule has 0 spiro atoms. The van der Waals surface area contributed by atoms with E-state index in [-0.39, 0.29) is 5.78 Å². The third-order valence-corrected chi connectivity index (χ3v) is 3.86. The number of aliphatic imine (C=N–C) groups is 1. The lowest BCUT2D eigenvalue weighted by Gasteiger charge is -2.13. The number of allylic oxidation sites excluding steroid dienone is 4. The van der Waals surface area contributed by atoms with Gasteiger partial charge in [-0.3, -0.25) is 9.79 Å². The summed E-state index contributed by atoms with van der Waals surface area (Å²) >= 11 is 0. The summed E-state index contributed by atoms with van der Waals surface area (Å²) in [5.74, 6) is 0.0787. The maximum Gasteiger partial charge on any atom is 0.193 e. The van der Waals surface area contributed by atoms with Gasteiger partial charge in [0.2, 0.25) is 0 Å². The normalized spacial score (nSPS) is 19.4. The third kappa shape index (κ3) is 2.80. The van der Waals surface area contributed by atoms with Crippen LogP contribution in [0.4, 0.5) is 0 Å². The van der Waals surface area contributed by atoms with Crippen LogP contribution in [0.25, 0.3) is 0 Å². The predicted molar refractivity (Wildman–Crippen MR) is 90.4 cm³/mol. The molecule has 1 aliphatic heterocycles. The van der Waals surface area contributed by atoms with E-state index in [1.165, 1.54) is 5.57 Å². The number of hydrogen-bond donors (Lipinski definition) is 0. The number of carbonyl (C=O) groups excluding carboxylic acids is 1. The number of Topliss-reactive ketones (excluding diaryl/α,β-unsaturated/α-hetero) is 1. The van der Waals surface area contributed by atoms with Crippen LogP contribution in [0.2, 0.25) is 0 Å². The van der Waals surface area contributed by atoms with Gasteiger partial charge in [-0.1, -0.05) is 42.5 Å². The quantitative estimate of drug-likeness (QED) is 0.783. The van der Waals surface area contributed by atoms with Gasteiger partial charge in [-0.05, 0) is 18.4 Å². The summed E-state index contributed by atoms with van der Waals surface area (Å²) < 4.78 is 0. The van der Waals surface area contributed by atoms with Gasteiger partial charge < -0.3 is 4.90 Å². The van der Waals surface area contributed by atoms with Crippen molar-refractivity contribution < 1.29 is 4.79 Å². The molecule has 0 N–H and O–H groups in total. The summed E-state index contributed by atoms with van der Waals surface area (Å²) in [6.45, 7) is 0.433. The Morgan fingerprint density at radius 2 is 1.95 bits per heavy atom. The molecule has 112 valence electrons. The van der Waals surface area contributed by atoms with Crippen LogP contribution in [-0.2, 0) is 0 Å². The highest BCUT2D eigenvalue weighted by atomic mass is 16.1. The number of carbonyl (C=O) groups is 1. The second-order valence-electron chi connectivity index (χ2n) is 5.82. The molecule has 0 saturated heterocycles. The van der Waals surface area contributed by atoms with E-state index < -0.39 is 0 Å². The summed E-state index contributed by atoms with van der Waals surface area (Å²) in [6, 6.07) is 7.80. The first-order valence-corrected chi connectivity index (χ1v) is 7.58. The van der Waals surface area contributed by atoms with E-state index in [0.29, 0.717) is 6.54 Å². The maximum atomic E-state index is 12.8. The van der Waals surface area contributed by atoms with Crippen LogP contribution in [0, 0.1) is 0 Å². The lowest BCUT2D eigenvalue weighted by molar-refractivity contribution is 0.103. The summed E-state index contributed by atoms with van der Waals surface area (Å²) in [5.41, 5.74) is 4.63. The molecule has 0 unspecified atom stereocenters. The molecule has 22 heavy (non-hydrogen) atoms. The maximum absolute atomic E-state index is 12.8. The highest BCUT2D eigenvalue weighted by Gasteiger charge is 2.24. The van der Waals surface area contributed by atoms with E-state index in [9.17, 15) is 4.79 Å². The summed E-state index contributed by atoms with van der Waals surface area (Å²) in [6.07, 6.45) is 10.2. The van der Waals surface area contributed by atoms with Crippen LogP contribution in [0.5, 0.6) is 0 Å². The molecule has 2 aliphatic rings. The second-order valence-corrected chi connectivity index (χ2v) is 5.82. The molecule has 1 aromatic rings. The van der Waals surface area contributed by atoms with E-state index in [2.05, 4.69) is 18.2 Å². The molecule has 0 aromatic heterocycles. The first-order valence-electron chi connectivity index (χ1n) is 7.58. The van der Waals surface area contributed by atoms with Crippen LogP contribution < -0.4 is 0 Å². The fraction of sp³-hybridized carbons (Fsp3) is 0.263. The van der Waals surface area contributed by atoms with Crippen molar-refractivity contribution in [3.63, 3.8) is 0 Å². The molecule has 3 nitrogen and oxygen atoms in total. The minimum Gasteiger partial charge on any atom is -0.383 e. The van der Waals surface area contributed by atoms with E-state index in [1.807, 2.05) is 49.5 Å². The first kappa shape index (κ1) is 14.5. The molecule has 0 fully saturated rings. The SMILES string of the molecule is CN(C)/C=C1\CN=C(C2=CC=CCC2)c2ccccc2C1=O. The van der Waals surface area contributed by atoms with Gasteiger partial charge in [-0.2, -0.15) is 0 Å². The zero-order valence-electron chi connectivity index (χ0n) is 13.0. The molecule has 0 amide bonds. The van der Waals surface area contributed by atoms with Crippen molar-refractivity contribution in [1.82, 2.24) is 4.90 Å². The number of ketones is 1. The lowest BCUT2D eigenvalue weighted by Crippen LogP contribution is -2.12. The van der Waals surface area contributed by atoms with Crippen LogP contribution in [-0.4, -0.2) is 37.0 Å². The molecular weight excluding hydrogens is 272 g/mol. The Balaban J connectivity index is 2.13. The average molecular weight is 292 g/mol. The predicted octanol–water partition coefficient (Wildman–Crippen LogP) is 3.39. The van der Waals surface area contributed by atoms with Crippen LogP contribution in [0.15, 0.2) is 64.8 Å². The Labute approximate surface area is 131 Å². The van der Waals surface area contributed by atoms with Crippen molar-refractivity contribution in [3.05, 3.63) is 71.0 Å². The van der Waals surface area contributed by atoms with Crippen molar-refractivity contribution in [1.29, 1.82) is 0 Å². The van der Waals surface area contributed by atoms with Gasteiger partial charge in [0.1, 0.15) is 0 Å². The Hall–Kier alpha value is -2.42. The number of benzene rings is 1. The van der Waals surface area contributed by atoms with E-state index in [1.54, 1.807) is 0 Å². The van der Waals surface area contributed by atoms with Gasteiger partial charge in [0.05, 0.1) is 12.3 Å². The van der Waals surface area contributed by atoms with E-state index in [0.717, 1.165) is 35.3 Å². The van der Waals surface area contributed by atoms with Crippen molar-refractivity contribution in [2.45, 2.75) is 12.8 Å². The Morgan fingerprint density at radius 1 is 1.18 bits per heavy atom. The number of nitrogens with zero attached hydrogens (tertiary/aromatic N) is 2. The van der Waals surface area contributed by atoms with Crippen molar-refractivity contribution in [2.75, 3.05) is 20.6 Å². The largest absolute Gasteiger partial charge is 0.383 e. The molecule has 1 aromatic carbocycles. The zero-order valence-corrected chi connectivity index (χ0v) is 13.0. The fourth-order valence-electron chi connectivity index (χ4n) is 2.87. The molecule has 0 radical (unpaired) electrons. The highest BCUT2D eigenvalue weighted by molar-refractivity contribution is 6.23. The highest BCUT2D eigenvalue weighted by Crippen LogP contribution is 2.25. The monoisotopic (exact) mass is 292 g/mol. The van der Waals surface area contributed by atoms with Gasteiger partial charge in [0, 0.05) is 37.0 Å². The van der Waals surface area contributed by atoms with Gasteiger partial charge in [-0.15, -0.1) is 0 Å². The number of rotatable bonds is 2. The smallest absolute Gasteiger partial charge is 0.193 e. The van der Waals surface area contributed by atoms with Gasteiger partial charge in [0.25, 0.3) is 0 Å². The van der Waals surface area contributed by atoms with Crippen LogP contribution in [0.3, 0.4) is 0 Å². The molecule has 0 bridgehead atoms. The number of fused-ring (bicyclic) bond motifs is 1. The minimum atomic E-state index is 0.0787. The van der Waals surface area contributed by atoms with E-state index in [4.69, 9.17) is 4.99 Å². The zero-order chi connectivity index (χ0) is 15.5. The summed E-state index contributed by atoms with van der Waals surface area (Å²) in [7, 11) is 3.85. The lowest BCUT2D eigenvalue weighted by atomic mass is 9.91. The summed E-state index contributed by atoms with van der Waals surface area (Å²) in [4.78, 5) is 19.5. The minimum absolute atomic E-state index is 0.0787. The van der Waals surface area contributed by atoms with Crippen molar-refractivity contribution in [2.24, 2.45) is 4.99 Å². The Kier molecular flexibility index (Phi) is 4.05. The van der Waals surface area contributed by atoms with Crippen molar-refractivity contribution >= 4 is 11.5 Å². The first-order chi connectivity index (χ1) is 10.7. The molecular formula is C19H20N2O. The van der Waals surface area contributed by atoms with E-state index >= 15 is 0 Å². The molecule has 3 heteroatoms. The number of hydrogen-bond acceptors (Lipinski definition) is 3. The topological polar surface area (TPSA) is 32.7 Å². The average Bonchev–Trinajstić information content (AvgIpc) is 2.66. The van der Waals surface area contributed by atoms with Crippen molar-refractivity contribution in [3.8, 4) is 0 Å². The standard InChI is InChI=1S/C19H20N2O/c1-21(2)13-15-12-20-18(14-8-4-3-5-9-14)16-10-6-7-11-17(16)19(15)22/h3-4,6-8,10-11,13H,5,9,12H2,1-2H3/b15-13+. The fourth-order valence-corrected chi connectivity index (χ4v) is 2.87. The molecule has 3 rings (SSSR count). The van der Waals surface area contributed by atoms with Gasteiger partial charge in [0.15, 0.2) is 5.78 Å². The summed E-state index contributed by atoms with van der Waals surface area (Å²) in [5, 5.41) is 0. The van der Waals surface area contributed by atoms with Gasteiger partial charge >= 0.3 is 0 Å². The second kappa shape index (κ2) is 6.14. The Bertz CT molecular complexity index is 721. The van der Waals surface area contributed by atoms with Crippen LogP contribution >= 0.6 is 0 Å². The molecule has 0 saturated carbocycles. The molecule has 1 heterocycles. The molecule has 1 aliphatic carbocycles. The Morgan fingerprint density at radius 3 is 2.64 bits per heavy atom.